The highest BCUT2D eigenvalue weighted by molar-refractivity contribution is 5.67. The Morgan fingerprint density at radius 2 is 1.62 bits per heavy atom. The molecule has 1 aliphatic heterocycles. The van der Waals surface area contributed by atoms with Crippen LogP contribution in [0.15, 0.2) is 60.7 Å². The highest BCUT2D eigenvalue weighted by atomic mass is 19.1. The number of carbonyl (C=O) groups is 1. The molecule has 2 aliphatic rings. The van der Waals surface area contributed by atoms with E-state index < -0.39 is 36.4 Å². The second kappa shape index (κ2) is 11.3. The zero-order chi connectivity index (χ0) is 24.0. The normalized spacial score (nSPS) is 26.1. The molecule has 7 nitrogen and oxygen atoms in total. The summed E-state index contributed by atoms with van der Waals surface area (Å²) in [5.41, 5.74) is 1.88. The van der Waals surface area contributed by atoms with Gasteiger partial charge in [0.05, 0.1) is 32.0 Å². The van der Waals surface area contributed by atoms with E-state index in [0.29, 0.717) is 13.0 Å². The van der Waals surface area contributed by atoms with E-state index in [2.05, 4.69) is 5.32 Å². The molecule has 1 heterocycles. The van der Waals surface area contributed by atoms with Crippen LogP contribution in [0.4, 0.5) is 9.18 Å². The third-order valence-electron chi connectivity index (χ3n) is 5.83. The Morgan fingerprint density at radius 3 is 2.29 bits per heavy atom. The quantitative estimate of drug-likeness (QED) is 0.559. The smallest absolute Gasteiger partial charge is 0.407 e. The number of hydrogen-bond donors (Lipinski definition) is 1. The lowest BCUT2D eigenvalue weighted by Gasteiger charge is -2.24. The van der Waals surface area contributed by atoms with Crippen molar-refractivity contribution >= 4 is 6.09 Å². The van der Waals surface area contributed by atoms with Gasteiger partial charge in [0, 0.05) is 0 Å². The van der Waals surface area contributed by atoms with Crippen LogP contribution in [0, 0.1) is 0 Å². The lowest BCUT2D eigenvalue weighted by molar-refractivity contribution is -0.170. The Labute approximate surface area is 199 Å². The Morgan fingerprint density at radius 1 is 1.00 bits per heavy atom. The molecule has 5 atom stereocenters. The van der Waals surface area contributed by atoms with E-state index in [1.807, 2.05) is 74.5 Å². The minimum absolute atomic E-state index is 0.0634. The number of fused-ring (bicyclic) bond motifs is 1. The summed E-state index contributed by atoms with van der Waals surface area (Å²) in [4.78, 5) is 12.4. The first kappa shape index (κ1) is 24.6. The summed E-state index contributed by atoms with van der Waals surface area (Å²) in [6.07, 6.45) is -2.62. The minimum atomic E-state index is -1.28. The van der Waals surface area contributed by atoms with Gasteiger partial charge in [0.2, 0.25) is 0 Å². The molecular formula is C26H32FNO6. The molecule has 2 aromatic carbocycles. The van der Waals surface area contributed by atoms with Crippen LogP contribution in [0.1, 0.15) is 31.4 Å². The fraction of sp³-hybridized carbons (Fsp3) is 0.500. The van der Waals surface area contributed by atoms with Gasteiger partial charge in [-0.05, 0) is 31.4 Å². The molecule has 34 heavy (non-hydrogen) atoms. The van der Waals surface area contributed by atoms with Crippen molar-refractivity contribution in [2.75, 3.05) is 13.2 Å². The predicted octanol–water partition coefficient (Wildman–Crippen LogP) is 4.15. The van der Waals surface area contributed by atoms with Gasteiger partial charge in [0.15, 0.2) is 5.79 Å². The molecule has 0 aromatic heterocycles. The molecule has 1 amide bonds. The first-order valence-corrected chi connectivity index (χ1v) is 11.6. The maximum Gasteiger partial charge on any atom is 0.407 e. The third-order valence-corrected chi connectivity index (χ3v) is 5.83. The summed E-state index contributed by atoms with van der Waals surface area (Å²) in [5.74, 6) is -0.820. The van der Waals surface area contributed by atoms with Crippen molar-refractivity contribution < 1.29 is 32.9 Å². The van der Waals surface area contributed by atoms with Crippen molar-refractivity contribution in [3.05, 3.63) is 71.8 Å². The van der Waals surface area contributed by atoms with Crippen LogP contribution in [0.3, 0.4) is 0 Å². The van der Waals surface area contributed by atoms with Crippen LogP contribution in [0.25, 0.3) is 0 Å². The number of amides is 1. The fourth-order valence-electron chi connectivity index (χ4n) is 4.31. The van der Waals surface area contributed by atoms with Crippen LogP contribution in [0.5, 0.6) is 0 Å². The van der Waals surface area contributed by atoms with Gasteiger partial charge < -0.3 is 29.0 Å². The average molecular weight is 474 g/mol. The van der Waals surface area contributed by atoms with Crippen LogP contribution in [0.2, 0.25) is 0 Å². The molecule has 1 N–H and O–H groups in total. The molecule has 184 valence electrons. The summed E-state index contributed by atoms with van der Waals surface area (Å²) >= 11 is 0. The predicted molar refractivity (Wildman–Crippen MR) is 123 cm³/mol. The van der Waals surface area contributed by atoms with Crippen molar-refractivity contribution in [3.8, 4) is 0 Å². The van der Waals surface area contributed by atoms with E-state index in [4.69, 9.17) is 23.7 Å². The Hall–Kier alpha value is -2.52. The van der Waals surface area contributed by atoms with Crippen molar-refractivity contribution in [1.82, 2.24) is 5.32 Å². The van der Waals surface area contributed by atoms with Crippen LogP contribution in [-0.2, 0) is 36.9 Å². The van der Waals surface area contributed by atoms with E-state index in [1.54, 1.807) is 0 Å². The number of alkyl carbamates (subject to hydrolysis) is 1. The average Bonchev–Trinajstić information content (AvgIpc) is 3.31. The van der Waals surface area contributed by atoms with Gasteiger partial charge in [0.1, 0.15) is 25.0 Å². The lowest BCUT2D eigenvalue weighted by atomic mass is 10.2. The van der Waals surface area contributed by atoms with Gasteiger partial charge in [0.25, 0.3) is 0 Å². The second-order valence-electron chi connectivity index (χ2n) is 9.08. The van der Waals surface area contributed by atoms with Crippen LogP contribution in [-0.4, -0.2) is 55.6 Å². The first-order chi connectivity index (χ1) is 16.4. The highest BCUT2D eigenvalue weighted by Gasteiger charge is 2.55. The summed E-state index contributed by atoms with van der Waals surface area (Å²) in [5, 5.41) is 2.86. The van der Waals surface area contributed by atoms with Crippen molar-refractivity contribution in [1.29, 1.82) is 0 Å². The minimum Gasteiger partial charge on any atom is -0.445 e. The van der Waals surface area contributed by atoms with E-state index in [0.717, 1.165) is 11.1 Å². The van der Waals surface area contributed by atoms with E-state index in [1.165, 1.54) is 0 Å². The molecule has 2 aromatic rings. The molecule has 1 saturated heterocycles. The zero-order valence-corrected chi connectivity index (χ0v) is 19.5. The van der Waals surface area contributed by atoms with Crippen LogP contribution < -0.4 is 5.32 Å². The number of halogens is 1. The maximum atomic E-state index is 14.4. The highest BCUT2D eigenvalue weighted by Crippen LogP contribution is 2.40. The molecule has 1 unspecified atom stereocenters. The van der Waals surface area contributed by atoms with Gasteiger partial charge in [-0.2, -0.15) is 0 Å². The van der Waals surface area contributed by atoms with Crippen molar-refractivity contribution in [3.63, 3.8) is 0 Å². The number of hydrogen-bond acceptors (Lipinski definition) is 6. The van der Waals surface area contributed by atoms with Gasteiger partial charge in [-0.1, -0.05) is 60.7 Å². The molecule has 2 fully saturated rings. The van der Waals surface area contributed by atoms with Crippen molar-refractivity contribution in [2.45, 2.75) is 69.8 Å². The molecule has 0 spiro atoms. The standard InChI is InChI=1S/C26H32FNO6/c1-26(2)33-23-21(28-25(29)32-15-19-11-7-4-8-12-19)13-22(24(23)34-26)31-17-20(27)16-30-14-18-9-5-3-6-10-18/h3-12,20-24H,13-17H2,1-2H3,(H,28,29)/t20?,21-,22+,23+,24-/m1/s1. The number of nitrogens with one attached hydrogen (secondary N) is 1. The summed E-state index contributed by atoms with van der Waals surface area (Å²) in [7, 11) is 0. The second-order valence-corrected chi connectivity index (χ2v) is 9.08. The van der Waals surface area contributed by atoms with E-state index in [9.17, 15) is 9.18 Å². The maximum absolute atomic E-state index is 14.4. The number of rotatable bonds is 10. The molecule has 8 heteroatoms. The number of benzene rings is 2. The molecule has 4 rings (SSSR count). The third kappa shape index (κ3) is 6.76. The van der Waals surface area contributed by atoms with Gasteiger partial charge in [-0.15, -0.1) is 0 Å². The molecular weight excluding hydrogens is 441 g/mol. The summed E-state index contributed by atoms with van der Waals surface area (Å²) < 4.78 is 43.1. The monoisotopic (exact) mass is 473 g/mol. The van der Waals surface area contributed by atoms with Crippen molar-refractivity contribution in [2.24, 2.45) is 0 Å². The van der Waals surface area contributed by atoms with E-state index in [-0.39, 0.29) is 25.9 Å². The zero-order valence-electron chi connectivity index (χ0n) is 19.5. The molecule has 0 radical (unpaired) electrons. The Kier molecular flexibility index (Phi) is 8.15. The molecule has 0 bridgehead atoms. The first-order valence-electron chi connectivity index (χ1n) is 11.6. The Bertz CT molecular complexity index is 912. The topological polar surface area (TPSA) is 75.3 Å². The van der Waals surface area contributed by atoms with Crippen LogP contribution >= 0.6 is 0 Å². The largest absolute Gasteiger partial charge is 0.445 e. The number of alkyl halides is 1. The summed E-state index contributed by atoms with van der Waals surface area (Å²) in [6.45, 7) is 3.94. The Balaban J connectivity index is 1.24. The summed E-state index contributed by atoms with van der Waals surface area (Å²) in [6, 6.07) is 18.7. The van der Waals surface area contributed by atoms with Gasteiger partial charge in [-0.25, -0.2) is 9.18 Å². The number of ether oxygens (including phenoxy) is 5. The molecule has 1 aliphatic carbocycles. The number of carbonyl (C=O) groups excluding carboxylic acids is 1. The fourth-order valence-corrected chi connectivity index (χ4v) is 4.31. The SMILES string of the molecule is CC1(C)O[C@@H]2[C@H](O1)[C@@H](OCC(F)COCc1ccccc1)C[C@H]2NC(=O)OCc1ccccc1. The lowest BCUT2D eigenvalue weighted by Crippen LogP contribution is -2.43. The van der Waals surface area contributed by atoms with Gasteiger partial charge in [-0.3, -0.25) is 0 Å². The molecule has 1 saturated carbocycles. The van der Waals surface area contributed by atoms with Gasteiger partial charge >= 0.3 is 6.09 Å². The van der Waals surface area contributed by atoms with E-state index >= 15 is 0 Å².